The van der Waals surface area contributed by atoms with Crippen LogP contribution in [-0.4, -0.2) is 33.3 Å². The normalized spacial score (nSPS) is 23.1. The SMILES string of the molecule is CSc1cccc(S(=O)(=O)NC2CCNC(C)C2)c1.Cl. The molecule has 20 heavy (non-hydrogen) atoms. The average Bonchev–Trinajstić information content (AvgIpc) is 2.38. The molecule has 114 valence electrons. The fourth-order valence-corrected chi connectivity index (χ4v) is 4.16. The molecule has 0 bridgehead atoms. The third-order valence-electron chi connectivity index (χ3n) is 3.30. The van der Waals surface area contributed by atoms with E-state index in [2.05, 4.69) is 17.0 Å². The molecule has 0 aliphatic carbocycles. The molecule has 0 amide bonds. The molecule has 2 atom stereocenters. The first-order chi connectivity index (χ1) is 9.01. The van der Waals surface area contributed by atoms with Gasteiger partial charge in [-0.3, -0.25) is 0 Å². The molecule has 2 rings (SSSR count). The molecule has 1 fully saturated rings. The van der Waals surface area contributed by atoms with E-state index in [0.717, 1.165) is 24.3 Å². The summed E-state index contributed by atoms with van der Waals surface area (Å²) in [5, 5.41) is 3.32. The van der Waals surface area contributed by atoms with Gasteiger partial charge in [0.15, 0.2) is 0 Å². The molecule has 2 N–H and O–H groups in total. The summed E-state index contributed by atoms with van der Waals surface area (Å²) < 4.78 is 27.5. The summed E-state index contributed by atoms with van der Waals surface area (Å²) in [6.07, 6.45) is 3.61. The zero-order chi connectivity index (χ0) is 13.9. The Kier molecular flexibility index (Phi) is 6.81. The van der Waals surface area contributed by atoms with E-state index in [1.165, 1.54) is 0 Å². The van der Waals surface area contributed by atoms with Crippen molar-refractivity contribution in [1.29, 1.82) is 0 Å². The molecular weight excluding hydrogens is 316 g/mol. The summed E-state index contributed by atoms with van der Waals surface area (Å²) in [5.74, 6) is 0. The van der Waals surface area contributed by atoms with E-state index >= 15 is 0 Å². The maximum absolute atomic E-state index is 12.3. The van der Waals surface area contributed by atoms with Crippen LogP contribution in [0.25, 0.3) is 0 Å². The Morgan fingerprint density at radius 3 is 2.80 bits per heavy atom. The van der Waals surface area contributed by atoms with Gasteiger partial charge in [0.25, 0.3) is 0 Å². The Labute approximate surface area is 131 Å². The molecule has 0 aromatic heterocycles. The highest BCUT2D eigenvalue weighted by Gasteiger charge is 2.24. The van der Waals surface area contributed by atoms with Gasteiger partial charge in [0.05, 0.1) is 4.90 Å². The van der Waals surface area contributed by atoms with Crippen LogP contribution >= 0.6 is 24.2 Å². The molecule has 1 aliphatic heterocycles. The molecule has 4 nitrogen and oxygen atoms in total. The minimum atomic E-state index is -3.41. The van der Waals surface area contributed by atoms with E-state index in [1.807, 2.05) is 12.3 Å². The predicted molar refractivity (Wildman–Crippen MR) is 86.3 cm³/mol. The summed E-state index contributed by atoms with van der Waals surface area (Å²) in [5.41, 5.74) is 0. The second-order valence-electron chi connectivity index (χ2n) is 4.88. The maximum atomic E-state index is 12.3. The molecule has 2 unspecified atom stereocenters. The largest absolute Gasteiger partial charge is 0.314 e. The van der Waals surface area contributed by atoms with Crippen molar-refractivity contribution in [2.24, 2.45) is 0 Å². The Bertz CT molecular complexity index is 537. The topological polar surface area (TPSA) is 58.2 Å². The molecule has 0 saturated carbocycles. The molecule has 7 heteroatoms. The lowest BCUT2D eigenvalue weighted by atomic mass is 10.0. The third kappa shape index (κ3) is 4.63. The van der Waals surface area contributed by atoms with E-state index in [9.17, 15) is 8.42 Å². The zero-order valence-corrected chi connectivity index (χ0v) is 14.1. The van der Waals surface area contributed by atoms with Crippen LogP contribution in [0.3, 0.4) is 0 Å². The number of benzene rings is 1. The Morgan fingerprint density at radius 2 is 2.15 bits per heavy atom. The van der Waals surface area contributed by atoms with Gasteiger partial charge in [-0.15, -0.1) is 24.2 Å². The number of hydrogen-bond acceptors (Lipinski definition) is 4. The van der Waals surface area contributed by atoms with Crippen molar-refractivity contribution in [2.75, 3.05) is 12.8 Å². The lowest BCUT2D eigenvalue weighted by Crippen LogP contribution is -2.46. The van der Waals surface area contributed by atoms with Crippen LogP contribution in [0.4, 0.5) is 0 Å². The van der Waals surface area contributed by atoms with Crippen molar-refractivity contribution in [3.05, 3.63) is 24.3 Å². The van der Waals surface area contributed by atoms with E-state index in [1.54, 1.807) is 30.0 Å². The highest BCUT2D eigenvalue weighted by Crippen LogP contribution is 2.20. The molecule has 1 saturated heterocycles. The lowest BCUT2D eigenvalue weighted by Gasteiger charge is -2.28. The smallest absolute Gasteiger partial charge is 0.240 e. The zero-order valence-electron chi connectivity index (χ0n) is 11.6. The number of nitrogens with one attached hydrogen (secondary N) is 2. The Hall–Kier alpha value is -0.270. The van der Waals surface area contributed by atoms with Crippen molar-refractivity contribution in [1.82, 2.24) is 10.0 Å². The number of rotatable bonds is 4. The van der Waals surface area contributed by atoms with Crippen LogP contribution in [0.5, 0.6) is 0 Å². The molecule has 1 aliphatic rings. The summed E-state index contributed by atoms with van der Waals surface area (Å²) >= 11 is 1.54. The highest BCUT2D eigenvalue weighted by atomic mass is 35.5. The lowest BCUT2D eigenvalue weighted by molar-refractivity contribution is 0.361. The van der Waals surface area contributed by atoms with Crippen LogP contribution in [0.2, 0.25) is 0 Å². The molecular formula is C13H21ClN2O2S2. The summed E-state index contributed by atoms with van der Waals surface area (Å²) in [7, 11) is -3.41. The number of sulfonamides is 1. The quantitative estimate of drug-likeness (QED) is 0.828. The molecule has 0 spiro atoms. The van der Waals surface area contributed by atoms with Gasteiger partial charge in [-0.05, 0) is 50.8 Å². The maximum Gasteiger partial charge on any atom is 0.240 e. The van der Waals surface area contributed by atoms with E-state index in [4.69, 9.17) is 0 Å². The summed E-state index contributed by atoms with van der Waals surface area (Å²) in [6.45, 7) is 2.94. The fraction of sp³-hybridized carbons (Fsp3) is 0.538. The minimum Gasteiger partial charge on any atom is -0.314 e. The van der Waals surface area contributed by atoms with Crippen molar-refractivity contribution in [3.8, 4) is 0 Å². The number of piperidine rings is 1. The highest BCUT2D eigenvalue weighted by molar-refractivity contribution is 7.98. The molecule has 1 aromatic rings. The van der Waals surface area contributed by atoms with Crippen molar-refractivity contribution in [3.63, 3.8) is 0 Å². The summed E-state index contributed by atoms with van der Waals surface area (Å²) in [6, 6.07) is 7.45. The monoisotopic (exact) mass is 336 g/mol. The fourth-order valence-electron chi connectivity index (χ4n) is 2.29. The molecule has 1 heterocycles. The molecule has 0 radical (unpaired) electrons. The second kappa shape index (κ2) is 7.66. The van der Waals surface area contributed by atoms with Gasteiger partial charge in [0.2, 0.25) is 10.0 Å². The van der Waals surface area contributed by atoms with Gasteiger partial charge in [0.1, 0.15) is 0 Å². The number of thioether (sulfide) groups is 1. The van der Waals surface area contributed by atoms with Crippen LogP contribution < -0.4 is 10.0 Å². The molecule has 1 aromatic carbocycles. The van der Waals surface area contributed by atoms with E-state index in [0.29, 0.717) is 10.9 Å². The van der Waals surface area contributed by atoms with E-state index < -0.39 is 10.0 Å². The van der Waals surface area contributed by atoms with Crippen LogP contribution in [0.1, 0.15) is 19.8 Å². The Morgan fingerprint density at radius 1 is 1.40 bits per heavy atom. The van der Waals surface area contributed by atoms with Crippen LogP contribution in [-0.2, 0) is 10.0 Å². The van der Waals surface area contributed by atoms with Crippen LogP contribution in [0, 0.1) is 0 Å². The van der Waals surface area contributed by atoms with Gasteiger partial charge in [-0.25, -0.2) is 13.1 Å². The first-order valence-electron chi connectivity index (χ1n) is 6.41. The van der Waals surface area contributed by atoms with Gasteiger partial charge in [-0.1, -0.05) is 6.07 Å². The first-order valence-corrected chi connectivity index (χ1v) is 9.12. The summed E-state index contributed by atoms with van der Waals surface area (Å²) in [4.78, 5) is 1.31. The third-order valence-corrected chi connectivity index (χ3v) is 5.54. The second-order valence-corrected chi connectivity index (χ2v) is 7.47. The average molecular weight is 337 g/mol. The predicted octanol–water partition coefficient (Wildman–Crippen LogP) is 2.25. The first kappa shape index (κ1) is 17.8. The number of hydrogen-bond donors (Lipinski definition) is 2. The standard InChI is InChI=1S/C13H20N2O2S2.ClH/c1-10-8-11(6-7-14-10)15-19(16,17)13-5-3-4-12(9-13)18-2;/h3-5,9-11,14-15H,6-8H2,1-2H3;1H. The minimum absolute atomic E-state index is 0. The van der Waals surface area contributed by atoms with E-state index in [-0.39, 0.29) is 18.4 Å². The Balaban J connectivity index is 0.00000200. The number of halogens is 1. The van der Waals surface area contributed by atoms with Gasteiger partial charge in [-0.2, -0.15) is 0 Å². The van der Waals surface area contributed by atoms with Gasteiger partial charge in [0, 0.05) is 17.0 Å². The van der Waals surface area contributed by atoms with Gasteiger partial charge >= 0.3 is 0 Å². The van der Waals surface area contributed by atoms with Crippen molar-refractivity contribution < 1.29 is 8.42 Å². The van der Waals surface area contributed by atoms with Gasteiger partial charge < -0.3 is 5.32 Å². The van der Waals surface area contributed by atoms with Crippen molar-refractivity contribution in [2.45, 2.75) is 41.6 Å². The van der Waals surface area contributed by atoms with Crippen LogP contribution in [0.15, 0.2) is 34.1 Å². The van der Waals surface area contributed by atoms with Crippen molar-refractivity contribution >= 4 is 34.2 Å².